The third kappa shape index (κ3) is 2.93. The number of carbonyl (C=O) groups is 2. The van der Waals surface area contributed by atoms with E-state index in [-0.39, 0.29) is 17.9 Å². The molecule has 2 aliphatic heterocycles. The number of rotatable bonds is 2. The van der Waals surface area contributed by atoms with E-state index in [9.17, 15) is 9.59 Å². The van der Waals surface area contributed by atoms with E-state index in [2.05, 4.69) is 15.9 Å². The molecule has 0 radical (unpaired) electrons. The Morgan fingerprint density at radius 1 is 1.12 bits per heavy atom. The molecule has 2 aliphatic rings. The molecule has 1 aromatic carbocycles. The van der Waals surface area contributed by atoms with Crippen molar-refractivity contribution in [1.82, 2.24) is 14.4 Å². The fraction of sp³-hybridized carbons (Fsp3) is 0.474. The molecule has 2 fully saturated rings. The molecule has 1 atom stereocenters. The number of hydrogen-bond acceptors (Lipinski definition) is 3. The van der Waals surface area contributed by atoms with Crippen LogP contribution in [-0.2, 0) is 16.6 Å². The first-order valence-corrected chi connectivity index (χ1v) is 9.80. The summed E-state index contributed by atoms with van der Waals surface area (Å²) in [6, 6.07) is 7.96. The molecular formula is C19H22BrN3O3. The van der Waals surface area contributed by atoms with Crippen molar-refractivity contribution < 1.29 is 14.3 Å². The van der Waals surface area contributed by atoms with Crippen molar-refractivity contribution >= 4 is 38.6 Å². The standard InChI is InChI=1S/C19H22BrN3O3/c1-21-14-6-3-2-5-13(14)16(20)17(21)19(25)23-10-8-22(9-11-23)18(24)15-7-4-12-26-15/h2-3,5-6,15H,4,7-12H2,1H3. The van der Waals surface area contributed by atoms with Gasteiger partial charge in [-0.15, -0.1) is 0 Å². The molecule has 0 saturated carbocycles. The number of carbonyl (C=O) groups excluding carboxylic acids is 2. The first-order chi connectivity index (χ1) is 12.6. The van der Waals surface area contributed by atoms with Crippen LogP contribution in [-0.4, -0.2) is 65.1 Å². The van der Waals surface area contributed by atoms with Crippen LogP contribution in [0.1, 0.15) is 23.3 Å². The fourth-order valence-electron chi connectivity index (χ4n) is 3.84. The average Bonchev–Trinajstić information content (AvgIpc) is 3.29. The molecule has 2 amide bonds. The Kier molecular flexibility index (Phi) is 4.75. The van der Waals surface area contributed by atoms with Crippen LogP contribution in [0.5, 0.6) is 0 Å². The summed E-state index contributed by atoms with van der Waals surface area (Å²) in [7, 11) is 1.91. The minimum absolute atomic E-state index is 0.000194. The van der Waals surface area contributed by atoms with Crippen molar-refractivity contribution in [3.8, 4) is 0 Å². The molecule has 2 saturated heterocycles. The van der Waals surface area contributed by atoms with Gasteiger partial charge in [-0.05, 0) is 34.8 Å². The Morgan fingerprint density at radius 2 is 1.81 bits per heavy atom. The molecule has 2 aromatic rings. The zero-order chi connectivity index (χ0) is 18.3. The van der Waals surface area contributed by atoms with Gasteiger partial charge in [0.2, 0.25) is 0 Å². The van der Waals surface area contributed by atoms with Crippen molar-refractivity contribution in [3.05, 3.63) is 34.4 Å². The van der Waals surface area contributed by atoms with E-state index in [1.165, 1.54) is 0 Å². The van der Waals surface area contributed by atoms with E-state index in [1.54, 1.807) is 0 Å². The zero-order valence-corrected chi connectivity index (χ0v) is 16.4. The molecule has 0 spiro atoms. The van der Waals surface area contributed by atoms with Crippen LogP contribution < -0.4 is 0 Å². The van der Waals surface area contributed by atoms with Gasteiger partial charge in [-0.3, -0.25) is 9.59 Å². The summed E-state index contributed by atoms with van der Waals surface area (Å²) in [6.07, 6.45) is 1.47. The van der Waals surface area contributed by atoms with E-state index in [0.717, 1.165) is 28.2 Å². The quantitative estimate of drug-likeness (QED) is 0.750. The highest BCUT2D eigenvalue weighted by molar-refractivity contribution is 9.10. The maximum Gasteiger partial charge on any atom is 0.271 e. The third-order valence-electron chi connectivity index (χ3n) is 5.33. The van der Waals surface area contributed by atoms with Gasteiger partial charge in [-0.1, -0.05) is 18.2 Å². The molecule has 1 unspecified atom stereocenters. The topological polar surface area (TPSA) is 54.8 Å². The smallest absolute Gasteiger partial charge is 0.271 e. The highest BCUT2D eigenvalue weighted by Gasteiger charge is 2.32. The maximum atomic E-state index is 13.1. The van der Waals surface area contributed by atoms with Gasteiger partial charge < -0.3 is 19.1 Å². The first-order valence-electron chi connectivity index (χ1n) is 9.00. The van der Waals surface area contributed by atoms with Crippen molar-refractivity contribution in [2.24, 2.45) is 7.05 Å². The lowest BCUT2D eigenvalue weighted by Crippen LogP contribution is -2.53. The van der Waals surface area contributed by atoms with Gasteiger partial charge in [0, 0.05) is 50.7 Å². The van der Waals surface area contributed by atoms with Gasteiger partial charge in [0.25, 0.3) is 11.8 Å². The number of piperazine rings is 1. The predicted octanol–water partition coefficient (Wildman–Crippen LogP) is 2.40. The number of halogens is 1. The number of para-hydroxylation sites is 1. The summed E-state index contributed by atoms with van der Waals surface area (Å²) in [5.74, 6) is 0.0696. The highest BCUT2D eigenvalue weighted by Crippen LogP contribution is 2.31. The second kappa shape index (κ2) is 7.04. The van der Waals surface area contributed by atoms with Crippen LogP contribution in [0.3, 0.4) is 0 Å². The zero-order valence-electron chi connectivity index (χ0n) is 14.8. The van der Waals surface area contributed by atoms with Crippen LogP contribution >= 0.6 is 15.9 Å². The number of fused-ring (bicyclic) bond motifs is 1. The van der Waals surface area contributed by atoms with Crippen LogP contribution in [0, 0.1) is 0 Å². The minimum atomic E-state index is -0.287. The number of aryl methyl sites for hydroxylation is 1. The van der Waals surface area contributed by atoms with Crippen LogP contribution in [0.25, 0.3) is 10.9 Å². The predicted molar refractivity (Wildman–Crippen MR) is 102 cm³/mol. The maximum absolute atomic E-state index is 13.1. The van der Waals surface area contributed by atoms with Crippen LogP contribution in [0.2, 0.25) is 0 Å². The molecule has 26 heavy (non-hydrogen) atoms. The normalized spacial score (nSPS) is 20.8. The number of amides is 2. The summed E-state index contributed by atoms with van der Waals surface area (Å²) in [5.41, 5.74) is 1.68. The average molecular weight is 420 g/mol. The Morgan fingerprint density at radius 3 is 2.46 bits per heavy atom. The molecule has 0 N–H and O–H groups in total. The first kappa shape index (κ1) is 17.5. The summed E-state index contributed by atoms with van der Waals surface area (Å²) in [5, 5.41) is 1.03. The Labute approximate surface area is 160 Å². The monoisotopic (exact) mass is 419 g/mol. The number of aromatic nitrogens is 1. The Balaban J connectivity index is 1.48. The van der Waals surface area contributed by atoms with E-state index in [4.69, 9.17) is 4.74 Å². The largest absolute Gasteiger partial charge is 0.368 e. The van der Waals surface area contributed by atoms with E-state index in [1.807, 2.05) is 45.7 Å². The summed E-state index contributed by atoms with van der Waals surface area (Å²) < 4.78 is 8.26. The molecule has 1 aromatic heterocycles. The van der Waals surface area contributed by atoms with E-state index in [0.29, 0.717) is 38.5 Å². The lowest BCUT2D eigenvalue weighted by atomic mass is 10.2. The van der Waals surface area contributed by atoms with Crippen molar-refractivity contribution in [2.45, 2.75) is 18.9 Å². The molecule has 138 valence electrons. The number of benzene rings is 1. The highest BCUT2D eigenvalue weighted by atomic mass is 79.9. The van der Waals surface area contributed by atoms with E-state index < -0.39 is 0 Å². The molecule has 0 aliphatic carbocycles. The molecule has 0 bridgehead atoms. The molecule has 7 heteroatoms. The SMILES string of the molecule is Cn1c(C(=O)N2CCN(C(=O)C3CCCO3)CC2)c(Br)c2ccccc21. The fourth-order valence-corrected chi connectivity index (χ4v) is 4.61. The lowest BCUT2D eigenvalue weighted by Gasteiger charge is -2.35. The second-order valence-electron chi connectivity index (χ2n) is 6.86. The van der Waals surface area contributed by atoms with Crippen molar-refractivity contribution in [3.63, 3.8) is 0 Å². The lowest BCUT2D eigenvalue weighted by molar-refractivity contribution is -0.142. The summed E-state index contributed by atoms with van der Waals surface area (Å²) >= 11 is 3.60. The number of hydrogen-bond donors (Lipinski definition) is 0. The molecule has 6 nitrogen and oxygen atoms in total. The van der Waals surface area contributed by atoms with Crippen LogP contribution in [0.4, 0.5) is 0 Å². The number of ether oxygens (including phenoxy) is 1. The summed E-state index contributed by atoms with van der Waals surface area (Å²) in [4.78, 5) is 29.2. The van der Waals surface area contributed by atoms with Gasteiger partial charge in [0.05, 0.1) is 4.47 Å². The Hall–Kier alpha value is -1.86. The molecular weight excluding hydrogens is 398 g/mol. The van der Waals surface area contributed by atoms with Crippen molar-refractivity contribution in [1.29, 1.82) is 0 Å². The van der Waals surface area contributed by atoms with Gasteiger partial charge >= 0.3 is 0 Å². The summed E-state index contributed by atoms with van der Waals surface area (Å²) in [6.45, 7) is 2.89. The van der Waals surface area contributed by atoms with E-state index >= 15 is 0 Å². The van der Waals surface area contributed by atoms with Gasteiger partial charge in [0.1, 0.15) is 11.8 Å². The second-order valence-corrected chi connectivity index (χ2v) is 7.65. The van der Waals surface area contributed by atoms with Gasteiger partial charge in [-0.2, -0.15) is 0 Å². The minimum Gasteiger partial charge on any atom is -0.368 e. The number of nitrogens with zero attached hydrogens (tertiary/aromatic N) is 3. The van der Waals surface area contributed by atoms with Gasteiger partial charge in [-0.25, -0.2) is 0 Å². The van der Waals surface area contributed by atoms with Gasteiger partial charge in [0.15, 0.2) is 0 Å². The van der Waals surface area contributed by atoms with Crippen LogP contribution in [0.15, 0.2) is 28.7 Å². The third-order valence-corrected chi connectivity index (χ3v) is 6.13. The van der Waals surface area contributed by atoms with Crippen molar-refractivity contribution in [2.75, 3.05) is 32.8 Å². The molecule has 3 heterocycles. The molecule has 4 rings (SSSR count). The Bertz CT molecular complexity index is 810.